The summed E-state index contributed by atoms with van der Waals surface area (Å²) < 4.78 is 8.64. The molecule has 11 heteroatoms. The van der Waals surface area contributed by atoms with E-state index in [4.69, 9.17) is 22.1 Å². The minimum atomic E-state index is -0.265. The Morgan fingerprint density at radius 1 is 1.12 bits per heavy atom. The molecule has 43 heavy (non-hydrogen) atoms. The molecule has 9 nitrogen and oxygen atoms in total. The van der Waals surface area contributed by atoms with E-state index in [1.807, 2.05) is 74.9 Å². The van der Waals surface area contributed by atoms with Gasteiger partial charge in [0.1, 0.15) is 11.6 Å². The third kappa shape index (κ3) is 5.70. The van der Waals surface area contributed by atoms with Gasteiger partial charge in [-0.1, -0.05) is 42.4 Å². The predicted octanol–water partition coefficient (Wildman–Crippen LogP) is 6.96. The fourth-order valence-electron chi connectivity index (χ4n) is 4.72. The highest BCUT2D eigenvalue weighted by atomic mass is 35.5. The zero-order valence-electron chi connectivity index (χ0n) is 23.3. The van der Waals surface area contributed by atoms with Crippen molar-refractivity contribution in [2.75, 3.05) is 5.73 Å². The molecule has 0 spiro atoms. The summed E-state index contributed by atoms with van der Waals surface area (Å²) in [4.78, 5) is 25.8. The number of fused-ring (bicyclic) bond motifs is 1. The molecule has 214 valence electrons. The molecule has 0 radical (unpaired) electrons. The molecule has 0 aliphatic heterocycles. The Labute approximate surface area is 256 Å². The highest BCUT2D eigenvalue weighted by Gasteiger charge is 2.22. The minimum absolute atomic E-state index is 0.265. The fourth-order valence-corrected chi connectivity index (χ4v) is 6.33. The van der Waals surface area contributed by atoms with Crippen molar-refractivity contribution in [3.8, 4) is 44.5 Å². The maximum atomic E-state index is 11.7. The van der Waals surface area contributed by atoms with Gasteiger partial charge in [0.05, 0.1) is 6.20 Å². The molecule has 0 saturated carbocycles. The lowest BCUT2D eigenvalue weighted by Crippen LogP contribution is -2.20. The second-order valence-corrected chi connectivity index (χ2v) is 11.2. The largest absolute Gasteiger partial charge is 0.424 e. The molecule has 0 saturated heterocycles. The number of aryl methyl sites for hydroxylation is 2. The van der Waals surface area contributed by atoms with Crippen LogP contribution in [0.4, 0.5) is 5.82 Å². The normalized spacial score (nSPS) is 11.0. The number of thiophene rings is 1. The summed E-state index contributed by atoms with van der Waals surface area (Å²) in [5.74, 6) is 0.759. The standard InChI is InChI=1S/C32H26ClN7O2S/c1-4-26(41)36-14-21-6-5-20(13-25(21)33)29-27(19-7-9-23(10-8-19)42-32-35-12-11-18(2)39-32)28-30(43-29)24(16-37-31(28)34)22-15-38-40(3)17-22/h4-13,15-17H,1,14H2,2-3H3,(H2,34,37)(H,36,41). The number of anilines is 1. The zero-order chi connectivity index (χ0) is 30.1. The maximum absolute atomic E-state index is 11.7. The van der Waals surface area contributed by atoms with E-state index in [2.05, 4.69) is 31.9 Å². The number of hydrogen-bond acceptors (Lipinski definition) is 8. The molecule has 0 bridgehead atoms. The highest BCUT2D eigenvalue weighted by molar-refractivity contribution is 7.23. The molecule has 4 aromatic heterocycles. The van der Waals surface area contributed by atoms with Crippen molar-refractivity contribution in [3.05, 3.63) is 102 Å². The van der Waals surface area contributed by atoms with E-state index in [1.54, 1.807) is 28.4 Å². The number of ether oxygens (including phenoxy) is 1. The van der Waals surface area contributed by atoms with Gasteiger partial charge in [0.25, 0.3) is 0 Å². The number of benzene rings is 2. The average molecular weight is 608 g/mol. The molecule has 6 rings (SSSR count). The number of pyridine rings is 1. The Balaban J connectivity index is 1.49. The third-order valence-corrected chi connectivity index (χ3v) is 8.46. The number of aromatic nitrogens is 5. The van der Waals surface area contributed by atoms with Crippen LogP contribution in [0.5, 0.6) is 11.8 Å². The first-order valence-electron chi connectivity index (χ1n) is 13.3. The van der Waals surface area contributed by atoms with Gasteiger partial charge in [0.15, 0.2) is 0 Å². The van der Waals surface area contributed by atoms with E-state index in [0.717, 1.165) is 54.0 Å². The van der Waals surface area contributed by atoms with E-state index in [-0.39, 0.29) is 18.5 Å². The van der Waals surface area contributed by atoms with Crippen LogP contribution in [0.25, 0.3) is 42.8 Å². The number of rotatable bonds is 8. The number of nitrogens with one attached hydrogen (secondary N) is 1. The van der Waals surface area contributed by atoms with Gasteiger partial charge in [-0.25, -0.2) is 15.0 Å². The number of hydrogen-bond donors (Lipinski definition) is 2. The van der Waals surface area contributed by atoms with Gasteiger partial charge in [-0.05, 0) is 54.0 Å². The van der Waals surface area contributed by atoms with Crippen molar-refractivity contribution in [2.24, 2.45) is 7.05 Å². The van der Waals surface area contributed by atoms with Crippen LogP contribution in [0.2, 0.25) is 5.02 Å². The smallest absolute Gasteiger partial charge is 0.322 e. The van der Waals surface area contributed by atoms with Crippen LogP contribution in [0.1, 0.15) is 11.3 Å². The average Bonchev–Trinajstić information content (AvgIpc) is 3.62. The van der Waals surface area contributed by atoms with Crippen molar-refractivity contribution >= 4 is 44.7 Å². The van der Waals surface area contributed by atoms with Crippen molar-refractivity contribution < 1.29 is 9.53 Å². The molecule has 1 amide bonds. The summed E-state index contributed by atoms with van der Waals surface area (Å²) in [6, 6.07) is 15.6. The predicted molar refractivity (Wildman–Crippen MR) is 171 cm³/mol. The number of nitrogens with two attached hydrogens (primary N) is 1. The number of nitrogen functional groups attached to an aromatic ring is 1. The first-order valence-corrected chi connectivity index (χ1v) is 14.5. The van der Waals surface area contributed by atoms with Crippen LogP contribution in [0.15, 0.2) is 86.0 Å². The van der Waals surface area contributed by atoms with E-state index < -0.39 is 0 Å². The molecule has 0 atom stereocenters. The van der Waals surface area contributed by atoms with Gasteiger partial charge in [0, 0.05) is 74.6 Å². The van der Waals surface area contributed by atoms with Crippen molar-refractivity contribution in [3.63, 3.8) is 0 Å². The Morgan fingerprint density at radius 2 is 1.91 bits per heavy atom. The lowest BCUT2D eigenvalue weighted by atomic mass is 9.97. The Kier molecular flexibility index (Phi) is 7.62. The quantitative estimate of drug-likeness (QED) is 0.179. The molecular weight excluding hydrogens is 582 g/mol. The van der Waals surface area contributed by atoms with Crippen molar-refractivity contribution in [1.82, 2.24) is 30.0 Å². The summed E-state index contributed by atoms with van der Waals surface area (Å²) in [7, 11) is 1.88. The van der Waals surface area contributed by atoms with Crippen LogP contribution in [-0.2, 0) is 18.4 Å². The fraction of sp³-hybridized carbons (Fsp3) is 0.0938. The summed E-state index contributed by atoms with van der Waals surface area (Å²) in [5, 5.41) is 8.51. The minimum Gasteiger partial charge on any atom is -0.424 e. The molecule has 2 aromatic carbocycles. The van der Waals surface area contributed by atoms with Crippen LogP contribution in [0, 0.1) is 6.92 Å². The second kappa shape index (κ2) is 11.7. The van der Waals surface area contributed by atoms with Gasteiger partial charge >= 0.3 is 6.01 Å². The molecule has 0 fully saturated rings. The molecule has 4 heterocycles. The van der Waals surface area contributed by atoms with E-state index >= 15 is 0 Å². The van der Waals surface area contributed by atoms with Gasteiger partial charge in [-0.3, -0.25) is 9.48 Å². The van der Waals surface area contributed by atoms with Crippen molar-refractivity contribution in [1.29, 1.82) is 0 Å². The summed E-state index contributed by atoms with van der Waals surface area (Å²) >= 11 is 8.34. The Morgan fingerprint density at radius 3 is 2.60 bits per heavy atom. The Hall–Kier alpha value is -5.06. The van der Waals surface area contributed by atoms with Gasteiger partial charge in [0.2, 0.25) is 5.91 Å². The number of nitrogens with zero attached hydrogens (tertiary/aromatic N) is 5. The molecule has 3 N–H and O–H groups in total. The molecule has 0 aliphatic rings. The molecule has 6 aromatic rings. The summed E-state index contributed by atoms with van der Waals surface area (Å²) in [6.07, 6.45) is 8.45. The first kappa shape index (κ1) is 28.1. The zero-order valence-corrected chi connectivity index (χ0v) is 24.9. The van der Waals surface area contributed by atoms with Crippen LogP contribution in [-0.4, -0.2) is 30.6 Å². The van der Waals surface area contributed by atoms with E-state index in [0.29, 0.717) is 16.6 Å². The number of carbonyl (C=O) groups is 1. The van der Waals surface area contributed by atoms with Gasteiger partial charge in [-0.2, -0.15) is 5.10 Å². The topological polar surface area (TPSA) is 121 Å². The van der Waals surface area contributed by atoms with Gasteiger partial charge in [-0.15, -0.1) is 11.3 Å². The SMILES string of the molecule is C=CC(=O)NCc1ccc(-c2sc3c(-c4cnn(C)c4)cnc(N)c3c2-c2ccc(Oc3nccc(C)n3)cc2)cc1Cl. The number of carbonyl (C=O) groups excluding carboxylic acids is 1. The van der Waals surface area contributed by atoms with Crippen LogP contribution >= 0.6 is 22.9 Å². The third-order valence-electron chi connectivity index (χ3n) is 6.84. The first-order chi connectivity index (χ1) is 20.8. The number of amides is 1. The number of halogens is 1. The van der Waals surface area contributed by atoms with Crippen LogP contribution < -0.4 is 15.8 Å². The summed E-state index contributed by atoms with van der Waals surface area (Å²) in [5.41, 5.74) is 12.8. The Bertz CT molecular complexity index is 2000. The summed E-state index contributed by atoms with van der Waals surface area (Å²) in [6.45, 7) is 5.67. The monoisotopic (exact) mass is 607 g/mol. The molecular formula is C32H26ClN7O2S. The van der Waals surface area contributed by atoms with E-state index in [1.165, 1.54) is 6.08 Å². The van der Waals surface area contributed by atoms with Crippen molar-refractivity contribution in [2.45, 2.75) is 13.5 Å². The molecule has 0 unspecified atom stereocenters. The highest BCUT2D eigenvalue weighted by Crippen LogP contribution is 2.50. The lowest BCUT2D eigenvalue weighted by Gasteiger charge is -2.11. The lowest BCUT2D eigenvalue weighted by molar-refractivity contribution is -0.116. The van der Waals surface area contributed by atoms with Crippen LogP contribution in [0.3, 0.4) is 0 Å². The maximum Gasteiger partial charge on any atom is 0.322 e. The van der Waals surface area contributed by atoms with Gasteiger partial charge < -0.3 is 15.8 Å². The second-order valence-electron chi connectivity index (χ2n) is 9.81. The van der Waals surface area contributed by atoms with E-state index in [9.17, 15) is 4.79 Å². The molecule has 0 aliphatic carbocycles.